The first kappa shape index (κ1) is 11.0. The zero-order chi connectivity index (χ0) is 11.8. The van der Waals surface area contributed by atoms with Crippen molar-refractivity contribution in [2.75, 3.05) is 24.7 Å². The highest BCUT2D eigenvalue weighted by molar-refractivity contribution is 5.62. The minimum absolute atomic E-state index is 0.322. The number of benzene rings is 1. The van der Waals surface area contributed by atoms with Crippen LogP contribution in [0.5, 0.6) is 5.75 Å². The highest BCUT2D eigenvalue weighted by Gasteiger charge is 2.36. The largest absolute Gasteiger partial charge is 0.495 e. The lowest BCUT2D eigenvalue weighted by Crippen LogP contribution is -2.13. The Labute approximate surface area is 94.8 Å². The van der Waals surface area contributed by atoms with Crippen molar-refractivity contribution >= 4 is 11.4 Å². The summed E-state index contributed by atoms with van der Waals surface area (Å²) in [4.78, 5) is 0. The fraction of sp³-hybridized carbons (Fsp3) is 0.500. The molecule has 16 heavy (non-hydrogen) atoms. The van der Waals surface area contributed by atoms with Crippen molar-refractivity contribution in [1.82, 2.24) is 0 Å². The maximum atomic E-state index is 13.6. The van der Waals surface area contributed by atoms with E-state index in [1.807, 2.05) is 0 Å². The van der Waals surface area contributed by atoms with Crippen LogP contribution in [0.3, 0.4) is 0 Å². The van der Waals surface area contributed by atoms with E-state index in [9.17, 15) is 4.39 Å². The van der Waals surface area contributed by atoms with Gasteiger partial charge < -0.3 is 15.8 Å². The molecule has 0 heterocycles. The third-order valence-electron chi connectivity index (χ3n) is 3.13. The van der Waals surface area contributed by atoms with E-state index in [1.165, 1.54) is 26.0 Å². The summed E-state index contributed by atoms with van der Waals surface area (Å²) < 4.78 is 18.6. The fourth-order valence-electron chi connectivity index (χ4n) is 1.58. The molecule has 1 aliphatic rings. The highest BCUT2D eigenvalue weighted by atomic mass is 19.1. The summed E-state index contributed by atoms with van der Waals surface area (Å²) in [5.41, 5.74) is 6.72. The van der Waals surface area contributed by atoms with Gasteiger partial charge in [-0.15, -0.1) is 0 Å². The van der Waals surface area contributed by atoms with Gasteiger partial charge in [-0.05, 0) is 18.3 Å². The Morgan fingerprint density at radius 1 is 1.50 bits per heavy atom. The van der Waals surface area contributed by atoms with Crippen molar-refractivity contribution in [3.63, 3.8) is 0 Å². The Hall–Kier alpha value is -1.45. The molecule has 1 aliphatic carbocycles. The van der Waals surface area contributed by atoms with Crippen molar-refractivity contribution in [2.24, 2.45) is 5.41 Å². The molecule has 0 spiro atoms. The van der Waals surface area contributed by atoms with Gasteiger partial charge in [-0.25, -0.2) is 4.39 Å². The van der Waals surface area contributed by atoms with Crippen LogP contribution in [0, 0.1) is 11.2 Å². The van der Waals surface area contributed by atoms with Crippen molar-refractivity contribution in [1.29, 1.82) is 0 Å². The van der Waals surface area contributed by atoms with Gasteiger partial charge in [0.2, 0.25) is 0 Å². The summed E-state index contributed by atoms with van der Waals surface area (Å²) in [6.07, 6.45) is 2.40. The molecule has 0 aliphatic heterocycles. The molecule has 0 amide bonds. The van der Waals surface area contributed by atoms with Crippen molar-refractivity contribution in [3.8, 4) is 5.75 Å². The molecule has 88 valence electrons. The fourth-order valence-corrected chi connectivity index (χ4v) is 1.58. The van der Waals surface area contributed by atoms with Gasteiger partial charge in [0.25, 0.3) is 0 Å². The molecule has 3 N–H and O–H groups in total. The molecule has 2 rings (SSSR count). The van der Waals surface area contributed by atoms with Crippen molar-refractivity contribution in [2.45, 2.75) is 19.8 Å². The van der Waals surface area contributed by atoms with Gasteiger partial charge in [-0.1, -0.05) is 6.92 Å². The molecule has 0 aromatic heterocycles. The van der Waals surface area contributed by atoms with E-state index < -0.39 is 0 Å². The molecule has 0 unspecified atom stereocenters. The number of rotatable bonds is 4. The van der Waals surface area contributed by atoms with Gasteiger partial charge in [0.05, 0.1) is 18.5 Å². The van der Waals surface area contributed by atoms with Crippen molar-refractivity contribution < 1.29 is 9.13 Å². The minimum atomic E-state index is -0.331. The second-order valence-electron chi connectivity index (χ2n) is 4.74. The number of nitrogens with one attached hydrogen (secondary N) is 1. The van der Waals surface area contributed by atoms with Crippen LogP contribution in [0.15, 0.2) is 12.1 Å². The first-order valence-corrected chi connectivity index (χ1v) is 5.41. The second kappa shape index (κ2) is 3.85. The lowest BCUT2D eigenvalue weighted by molar-refractivity contribution is 0.416. The summed E-state index contributed by atoms with van der Waals surface area (Å²) in [5, 5.41) is 3.11. The zero-order valence-electron chi connectivity index (χ0n) is 9.64. The van der Waals surface area contributed by atoms with E-state index in [4.69, 9.17) is 10.5 Å². The molecular formula is C12H17FN2O. The number of nitrogen functional groups attached to an aromatic ring is 1. The SMILES string of the molecule is COc1cc(NCC2(C)CC2)c(F)cc1N. The summed E-state index contributed by atoms with van der Waals surface area (Å²) >= 11 is 0. The number of nitrogens with two attached hydrogens (primary N) is 1. The van der Waals surface area contributed by atoms with Gasteiger partial charge in [0.1, 0.15) is 11.6 Å². The van der Waals surface area contributed by atoms with Crippen LogP contribution < -0.4 is 15.8 Å². The Bertz CT molecular complexity index is 402. The summed E-state index contributed by atoms with van der Waals surface area (Å²) in [5.74, 6) is 0.174. The predicted molar refractivity (Wildman–Crippen MR) is 63.2 cm³/mol. The van der Waals surface area contributed by atoms with Gasteiger partial charge in [-0.2, -0.15) is 0 Å². The van der Waals surface area contributed by atoms with E-state index in [2.05, 4.69) is 12.2 Å². The van der Waals surface area contributed by atoms with E-state index >= 15 is 0 Å². The summed E-state index contributed by atoms with van der Waals surface area (Å²) in [6.45, 7) is 2.98. The van der Waals surface area contributed by atoms with Crippen LogP contribution in [-0.2, 0) is 0 Å². The average Bonchev–Trinajstić information content (AvgIpc) is 2.96. The molecule has 0 atom stereocenters. The van der Waals surface area contributed by atoms with Gasteiger partial charge in [-0.3, -0.25) is 0 Å². The van der Waals surface area contributed by atoms with E-state index in [0.717, 1.165) is 6.54 Å². The van der Waals surface area contributed by atoms with Crippen LogP contribution in [0.25, 0.3) is 0 Å². The van der Waals surface area contributed by atoms with Crippen LogP contribution in [0.4, 0.5) is 15.8 Å². The number of ether oxygens (including phenoxy) is 1. The number of hydrogen-bond acceptors (Lipinski definition) is 3. The Morgan fingerprint density at radius 3 is 2.75 bits per heavy atom. The lowest BCUT2D eigenvalue weighted by Gasteiger charge is -2.14. The highest BCUT2D eigenvalue weighted by Crippen LogP contribution is 2.45. The van der Waals surface area contributed by atoms with Crippen LogP contribution in [0.1, 0.15) is 19.8 Å². The second-order valence-corrected chi connectivity index (χ2v) is 4.74. The Kier molecular flexibility index (Phi) is 2.66. The first-order chi connectivity index (χ1) is 7.54. The van der Waals surface area contributed by atoms with Gasteiger partial charge >= 0.3 is 0 Å². The van der Waals surface area contributed by atoms with E-state index in [-0.39, 0.29) is 5.82 Å². The first-order valence-electron chi connectivity index (χ1n) is 5.41. The number of hydrogen-bond donors (Lipinski definition) is 2. The summed E-state index contributed by atoms with van der Waals surface area (Å²) in [7, 11) is 1.52. The average molecular weight is 224 g/mol. The number of halogens is 1. The molecular weight excluding hydrogens is 207 g/mol. The quantitative estimate of drug-likeness (QED) is 0.773. The Balaban J connectivity index is 2.13. The summed E-state index contributed by atoms with van der Waals surface area (Å²) in [6, 6.07) is 2.90. The number of methoxy groups -OCH3 is 1. The normalized spacial score (nSPS) is 16.9. The smallest absolute Gasteiger partial charge is 0.148 e. The van der Waals surface area contributed by atoms with Crippen molar-refractivity contribution in [3.05, 3.63) is 17.9 Å². The monoisotopic (exact) mass is 224 g/mol. The predicted octanol–water partition coefficient (Wildman–Crippen LogP) is 2.63. The Morgan fingerprint density at radius 2 is 2.19 bits per heavy atom. The zero-order valence-corrected chi connectivity index (χ0v) is 9.64. The van der Waals surface area contributed by atoms with Crippen LogP contribution >= 0.6 is 0 Å². The third-order valence-corrected chi connectivity index (χ3v) is 3.13. The van der Waals surface area contributed by atoms with E-state index in [0.29, 0.717) is 22.5 Å². The topological polar surface area (TPSA) is 47.3 Å². The van der Waals surface area contributed by atoms with Gasteiger partial charge in [0.15, 0.2) is 0 Å². The molecule has 1 fully saturated rings. The third kappa shape index (κ3) is 2.21. The minimum Gasteiger partial charge on any atom is -0.495 e. The molecule has 4 heteroatoms. The molecule has 0 bridgehead atoms. The van der Waals surface area contributed by atoms with E-state index in [1.54, 1.807) is 6.07 Å². The van der Waals surface area contributed by atoms with Crippen LogP contribution in [-0.4, -0.2) is 13.7 Å². The maximum absolute atomic E-state index is 13.6. The number of anilines is 2. The molecule has 1 saturated carbocycles. The molecule has 0 saturated heterocycles. The van der Waals surface area contributed by atoms with Crippen LogP contribution in [0.2, 0.25) is 0 Å². The molecule has 3 nitrogen and oxygen atoms in total. The lowest BCUT2D eigenvalue weighted by atomic mass is 10.1. The maximum Gasteiger partial charge on any atom is 0.148 e. The van der Waals surface area contributed by atoms with Gasteiger partial charge in [0, 0.05) is 18.7 Å². The molecule has 1 aromatic rings. The molecule has 0 radical (unpaired) electrons. The molecule has 1 aromatic carbocycles. The standard InChI is InChI=1S/C12H17FN2O/c1-12(3-4-12)7-15-10-6-11(16-2)9(14)5-8(10)13/h5-6,15H,3-4,7,14H2,1-2H3.